The van der Waals surface area contributed by atoms with Gasteiger partial charge in [-0.05, 0) is 58.8 Å². The Kier molecular flexibility index (Phi) is 4.64. The number of nitrogens with zero attached hydrogens (tertiary/aromatic N) is 2. The van der Waals surface area contributed by atoms with Crippen LogP contribution in [-0.2, 0) is 21.3 Å². The van der Waals surface area contributed by atoms with Gasteiger partial charge in [-0.3, -0.25) is 4.57 Å². The minimum atomic E-state index is -0.431. The van der Waals surface area contributed by atoms with Crippen LogP contribution in [0.15, 0.2) is 65.4 Å². The van der Waals surface area contributed by atoms with Crippen molar-refractivity contribution in [3.05, 3.63) is 82.3 Å². The first-order valence-electron chi connectivity index (χ1n) is 11.3. The van der Waals surface area contributed by atoms with Gasteiger partial charge in [-0.1, -0.05) is 55.5 Å². The first kappa shape index (κ1) is 19.7. The summed E-state index contributed by atoms with van der Waals surface area (Å²) in [7, 11) is 0. The van der Waals surface area contributed by atoms with Crippen LogP contribution in [0.1, 0.15) is 43.1 Å². The molecule has 1 aromatic heterocycles. The number of aromatic nitrogens is 2. The smallest absolute Gasteiger partial charge is 0.182 e. The van der Waals surface area contributed by atoms with E-state index in [1.807, 2.05) is 0 Å². The Labute approximate surface area is 191 Å². The number of ether oxygens (including phenoxy) is 2. The second kappa shape index (κ2) is 7.29. The van der Waals surface area contributed by atoms with Gasteiger partial charge in [0.1, 0.15) is 0 Å². The van der Waals surface area contributed by atoms with Gasteiger partial charge in [-0.15, -0.1) is 0 Å². The number of imidazole rings is 1. The van der Waals surface area contributed by atoms with E-state index in [1.54, 1.807) is 0 Å². The van der Waals surface area contributed by atoms with E-state index in [0.29, 0.717) is 25.0 Å². The third-order valence-corrected chi connectivity index (χ3v) is 8.46. The van der Waals surface area contributed by atoms with E-state index < -0.39 is 5.79 Å². The van der Waals surface area contributed by atoms with Crippen LogP contribution < -0.4 is 0 Å². The standard InChI is InChI=1S/C26H27BrN2O2/c1-18-21-12-13-22-23(28-24(27)29(22)20-10-6-3-7-11-20)25(21,19-8-4-2-5-9-19)14-15-26(18)30-16-17-31-26/h2-11,18,21H,12-17H2,1H3/t18-,21-,25+/m0/s1. The van der Waals surface area contributed by atoms with Gasteiger partial charge >= 0.3 is 0 Å². The Morgan fingerprint density at radius 2 is 1.65 bits per heavy atom. The second-order valence-electron chi connectivity index (χ2n) is 9.13. The molecule has 2 aromatic carbocycles. The fourth-order valence-electron chi connectivity index (χ4n) is 6.56. The van der Waals surface area contributed by atoms with E-state index in [-0.39, 0.29) is 5.41 Å². The van der Waals surface area contributed by atoms with E-state index in [4.69, 9.17) is 14.5 Å². The van der Waals surface area contributed by atoms with Crippen LogP contribution in [-0.4, -0.2) is 28.6 Å². The predicted octanol–water partition coefficient (Wildman–Crippen LogP) is 5.66. The third kappa shape index (κ3) is 2.76. The van der Waals surface area contributed by atoms with Crippen molar-refractivity contribution in [1.29, 1.82) is 0 Å². The minimum Gasteiger partial charge on any atom is -0.347 e. The molecule has 0 radical (unpaired) electrons. The predicted molar refractivity (Wildman–Crippen MR) is 123 cm³/mol. The Hall–Kier alpha value is -1.95. The number of para-hydroxylation sites is 1. The molecular formula is C26H27BrN2O2. The summed E-state index contributed by atoms with van der Waals surface area (Å²) in [4.78, 5) is 5.21. The Bertz CT molecular complexity index is 1090. The normalized spacial score (nSPS) is 29.0. The highest BCUT2D eigenvalue weighted by molar-refractivity contribution is 9.10. The summed E-state index contributed by atoms with van der Waals surface area (Å²) in [5, 5.41) is 0. The summed E-state index contributed by atoms with van der Waals surface area (Å²) >= 11 is 3.80. The molecule has 1 aliphatic heterocycles. The quantitative estimate of drug-likeness (QED) is 0.476. The number of hydrogen-bond donors (Lipinski definition) is 0. The molecule has 31 heavy (non-hydrogen) atoms. The molecule has 0 amide bonds. The van der Waals surface area contributed by atoms with E-state index in [2.05, 4.69) is 88.1 Å². The Balaban J connectivity index is 1.56. The van der Waals surface area contributed by atoms with Crippen molar-refractivity contribution in [3.8, 4) is 5.69 Å². The number of benzene rings is 2. The average Bonchev–Trinajstić information content (AvgIpc) is 3.42. The van der Waals surface area contributed by atoms with E-state index in [9.17, 15) is 0 Å². The molecule has 3 aromatic rings. The molecule has 1 spiro atoms. The van der Waals surface area contributed by atoms with Crippen molar-refractivity contribution < 1.29 is 9.47 Å². The lowest BCUT2D eigenvalue weighted by Crippen LogP contribution is -2.56. The second-order valence-corrected chi connectivity index (χ2v) is 9.84. The molecule has 0 unspecified atom stereocenters. The zero-order chi connectivity index (χ0) is 21.1. The molecule has 1 saturated carbocycles. The number of halogens is 1. The monoisotopic (exact) mass is 478 g/mol. The molecule has 4 nitrogen and oxygen atoms in total. The van der Waals surface area contributed by atoms with Crippen LogP contribution in [0.3, 0.4) is 0 Å². The van der Waals surface area contributed by atoms with Crippen molar-refractivity contribution >= 4 is 15.9 Å². The summed E-state index contributed by atoms with van der Waals surface area (Å²) < 4.78 is 15.7. The highest BCUT2D eigenvalue weighted by atomic mass is 79.9. The fourth-order valence-corrected chi connectivity index (χ4v) is 7.16. The maximum Gasteiger partial charge on any atom is 0.182 e. The van der Waals surface area contributed by atoms with E-state index >= 15 is 0 Å². The lowest BCUT2D eigenvalue weighted by molar-refractivity contribution is -0.232. The summed E-state index contributed by atoms with van der Waals surface area (Å²) in [6.07, 6.45) is 3.98. The van der Waals surface area contributed by atoms with Crippen molar-refractivity contribution in [2.75, 3.05) is 13.2 Å². The number of hydrogen-bond acceptors (Lipinski definition) is 3. The van der Waals surface area contributed by atoms with Crippen LogP contribution in [0.4, 0.5) is 0 Å². The van der Waals surface area contributed by atoms with Crippen molar-refractivity contribution in [3.63, 3.8) is 0 Å². The van der Waals surface area contributed by atoms with Gasteiger partial charge in [0.2, 0.25) is 0 Å². The van der Waals surface area contributed by atoms with E-state index in [1.165, 1.54) is 17.0 Å². The maximum atomic E-state index is 6.25. The third-order valence-electron chi connectivity index (χ3n) is 7.92. The lowest BCUT2D eigenvalue weighted by Gasteiger charge is -2.55. The molecule has 6 rings (SSSR count). The highest BCUT2D eigenvalue weighted by Crippen LogP contribution is 2.60. The van der Waals surface area contributed by atoms with Gasteiger partial charge in [-0.25, -0.2) is 4.98 Å². The van der Waals surface area contributed by atoms with Gasteiger partial charge < -0.3 is 9.47 Å². The molecule has 0 N–H and O–H groups in total. The van der Waals surface area contributed by atoms with Crippen LogP contribution >= 0.6 is 15.9 Å². The molecular weight excluding hydrogens is 452 g/mol. The Morgan fingerprint density at radius 3 is 2.35 bits per heavy atom. The molecule has 5 heteroatoms. The van der Waals surface area contributed by atoms with Gasteiger partial charge in [0, 0.05) is 29.1 Å². The topological polar surface area (TPSA) is 36.3 Å². The summed E-state index contributed by atoms with van der Waals surface area (Å²) in [5.74, 6) is 0.290. The fraction of sp³-hybridized carbons (Fsp3) is 0.423. The zero-order valence-electron chi connectivity index (χ0n) is 17.8. The highest BCUT2D eigenvalue weighted by Gasteiger charge is 2.60. The molecule has 0 bridgehead atoms. The number of fused-ring (bicyclic) bond motifs is 3. The first-order chi connectivity index (χ1) is 15.2. The van der Waals surface area contributed by atoms with Crippen LogP contribution in [0, 0.1) is 11.8 Å². The SMILES string of the molecule is C[C@H]1[C@@H]2CCc3c(nc(Br)n3-c3ccccc3)[C@@]2(c2ccccc2)CCC12OCCO2. The molecule has 3 aliphatic rings. The molecule has 2 aliphatic carbocycles. The maximum absolute atomic E-state index is 6.25. The van der Waals surface area contributed by atoms with Crippen LogP contribution in [0.2, 0.25) is 0 Å². The van der Waals surface area contributed by atoms with Crippen molar-refractivity contribution in [2.24, 2.45) is 11.8 Å². The van der Waals surface area contributed by atoms with Gasteiger partial charge in [0.05, 0.1) is 18.9 Å². The zero-order valence-corrected chi connectivity index (χ0v) is 19.3. The van der Waals surface area contributed by atoms with Crippen LogP contribution in [0.5, 0.6) is 0 Å². The summed E-state index contributed by atoms with van der Waals surface area (Å²) in [6.45, 7) is 3.74. The largest absolute Gasteiger partial charge is 0.347 e. The van der Waals surface area contributed by atoms with Gasteiger partial charge in [0.15, 0.2) is 10.5 Å². The average molecular weight is 479 g/mol. The van der Waals surface area contributed by atoms with Gasteiger partial charge in [0.25, 0.3) is 0 Å². The number of rotatable bonds is 2. The summed E-state index contributed by atoms with van der Waals surface area (Å²) in [6, 6.07) is 21.6. The minimum absolute atomic E-state index is 0.128. The Morgan fingerprint density at radius 1 is 0.968 bits per heavy atom. The van der Waals surface area contributed by atoms with Gasteiger partial charge in [-0.2, -0.15) is 0 Å². The van der Waals surface area contributed by atoms with Crippen molar-refractivity contribution in [1.82, 2.24) is 9.55 Å². The summed E-state index contributed by atoms with van der Waals surface area (Å²) in [5.41, 5.74) is 4.95. The van der Waals surface area contributed by atoms with Crippen LogP contribution in [0.25, 0.3) is 5.69 Å². The molecule has 3 atom stereocenters. The van der Waals surface area contributed by atoms with Crippen molar-refractivity contribution in [2.45, 2.75) is 43.8 Å². The molecule has 2 heterocycles. The molecule has 1 saturated heterocycles. The van der Waals surface area contributed by atoms with E-state index in [0.717, 1.165) is 36.1 Å². The lowest BCUT2D eigenvalue weighted by atomic mass is 9.52. The first-order valence-corrected chi connectivity index (χ1v) is 12.1. The molecule has 160 valence electrons. The molecule has 2 fully saturated rings.